The molecule has 44 heavy (non-hydrogen) atoms. The average molecular weight is 978 g/mol. The molecule has 0 aliphatic rings. The molecule has 0 unspecified atom stereocenters. The van der Waals surface area contributed by atoms with Crippen molar-refractivity contribution in [2.75, 3.05) is 0 Å². The SMILES string of the molecule is CC(C)(C)c1cc(C(C)(C)C)n([C](n2nc(C(C)(C)C)cc2C(C)(C)C)(n2nc(C(C)(C)C)cc2C(C)(C)C)[Ti]([I])([I])[I])n1. The van der Waals surface area contributed by atoms with Crippen LogP contribution in [-0.4, -0.2) is 29.3 Å². The van der Waals surface area contributed by atoms with Gasteiger partial charge in [-0.25, -0.2) is 0 Å². The van der Waals surface area contributed by atoms with Crippen LogP contribution >= 0.6 is 57.6 Å². The van der Waals surface area contributed by atoms with E-state index in [9.17, 15) is 0 Å². The fourth-order valence-corrected chi connectivity index (χ4v) is 15.6. The first-order valence-electron chi connectivity index (χ1n) is 15.7. The first-order chi connectivity index (χ1) is 19.2. The van der Waals surface area contributed by atoms with Crippen LogP contribution in [0.3, 0.4) is 0 Å². The fourth-order valence-electron chi connectivity index (χ4n) is 5.19. The van der Waals surface area contributed by atoms with Crippen molar-refractivity contribution < 1.29 is 5.34 Å². The topological polar surface area (TPSA) is 53.5 Å². The predicted octanol–water partition coefficient (Wildman–Crippen LogP) is 10.9. The van der Waals surface area contributed by atoms with Crippen molar-refractivity contribution in [1.29, 1.82) is 0 Å². The molecule has 6 nitrogen and oxygen atoms in total. The summed E-state index contributed by atoms with van der Waals surface area (Å²) in [7, 11) is 0. The van der Waals surface area contributed by atoms with Crippen LogP contribution in [0.15, 0.2) is 18.2 Å². The van der Waals surface area contributed by atoms with Crippen molar-refractivity contribution in [2.45, 2.75) is 161 Å². The van der Waals surface area contributed by atoms with Gasteiger partial charge in [-0.3, -0.25) is 0 Å². The molecule has 0 aromatic carbocycles. The second kappa shape index (κ2) is 11.8. The van der Waals surface area contributed by atoms with E-state index in [1.165, 1.54) is 17.1 Å². The van der Waals surface area contributed by atoms with Crippen LogP contribution < -0.4 is 0 Å². The summed E-state index contributed by atoms with van der Waals surface area (Å²) in [4.78, 5) is 0. The number of rotatable bonds is 4. The van der Waals surface area contributed by atoms with Gasteiger partial charge < -0.3 is 0 Å². The van der Waals surface area contributed by atoms with Crippen LogP contribution in [-0.2, 0) is 41.9 Å². The van der Waals surface area contributed by atoms with Gasteiger partial charge in [0.25, 0.3) is 0 Å². The van der Waals surface area contributed by atoms with E-state index in [1.54, 1.807) is 0 Å². The molecule has 0 saturated heterocycles. The monoisotopic (exact) mass is 978 g/mol. The third-order valence-corrected chi connectivity index (χ3v) is 19.1. The van der Waals surface area contributed by atoms with Gasteiger partial charge in [-0.05, 0) is 0 Å². The van der Waals surface area contributed by atoms with Crippen LogP contribution in [0.1, 0.15) is 159 Å². The summed E-state index contributed by atoms with van der Waals surface area (Å²) in [6.45, 7) is 41.1. The standard InChI is InChI=1S/C34H57N6.3HI.Ti/c1-29(2,3)22-19-25(32(10,11)12)38(35-22)28(39-26(33(13,14)15)20-23(36-39)30(4,5)6)40-27(34(16,17)18)21-24(37-40)31(7,8)9;;;;/h19-21H,1-18H3;3*1H;/q;;;;+3/p-3. The van der Waals surface area contributed by atoms with Gasteiger partial charge in [0, 0.05) is 0 Å². The Morgan fingerprint density at radius 3 is 0.750 bits per heavy atom. The van der Waals surface area contributed by atoms with E-state index in [0.717, 1.165) is 17.1 Å². The Balaban J connectivity index is 2.87. The second-order valence-corrected chi connectivity index (χ2v) is 66.8. The molecule has 0 spiro atoms. The van der Waals surface area contributed by atoms with Crippen molar-refractivity contribution >= 4 is 57.6 Å². The molecule has 10 heteroatoms. The number of halogens is 3. The van der Waals surface area contributed by atoms with Gasteiger partial charge in [0.1, 0.15) is 0 Å². The Morgan fingerprint density at radius 1 is 0.409 bits per heavy atom. The Labute approximate surface area is 302 Å². The molecule has 0 amide bonds. The zero-order valence-electron chi connectivity index (χ0n) is 30.5. The Morgan fingerprint density at radius 2 is 0.614 bits per heavy atom. The first-order valence-corrected chi connectivity index (χ1v) is 31.6. The first kappa shape index (κ1) is 39.0. The maximum atomic E-state index is 5.66. The quantitative estimate of drug-likeness (QED) is 0.193. The van der Waals surface area contributed by atoms with Gasteiger partial charge in [-0.1, -0.05) is 0 Å². The summed E-state index contributed by atoms with van der Waals surface area (Å²) in [6.07, 6.45) is 0. The van der Waals surface area contributed by atoms with E-state index in [2.05, 4.69) is 214 Å². The van der Waals surface area contributed by atoms with Crippen LogP contribution in [0.5, 0.6) is 0 Å². The van der Waals surface area contributed by atoms with Crippen LogP contribution in [0.4, 0.5) is 0 Å². The number of nitrogens with zero attached hydrogens (tertiary/aromatic N) is 6. The third kappa shape index (κ3) is 7.41. The van der Waals surface area contributed by atoms with E-state index in [1.807, 2.05) is 0 Å². The van der Waals surface area contributed by atoms with Crippen LogP contribution in [0, 0.1) is 0 Å². The summed E-state index contributed by atoms with van der Waals surface area (Å²) in [5.41, 5.74) is 5.93. The van der Waals surface area contributed by atoms with Crippen molar-refractivity contribution in [3.8, 4) is 0 Å². The van der Waals surface area contributed by atoms with E-state index >= 15 is 0 Å². The van der Waals surface area contributed by atoms with Crippen molar-refractivity contribution in [1.82, 2.24) is 29.3 Å². The normalized spacial score (nSPS) is 14.9. The Kier molecular flexibility index (Phi) is 10.5. The second-order valence-electron chi connectivity index (χ2n) is 18.6. The van der Waals surface area contributed by atoms with Crippen LogP contribution in [0.25, 0.3) is 0 Å². The van der Waals surface area contributed by atoms with Crippen molar-refractivity contribution in [3.05, 3.63) is 52.4 Å². The summed E-state index contributed by atoms with van der Waals surface area (Å²) in [6, 6.07) is 7.05. The predicted molar refractivity (Wildman–Crippen MR) is 210 cm³/mol. The third-order valence-electron chi connectivity index (χ3n) is 8.00. The molecule has 3 aromatic rings. The molecular weight excluding hydrogens is 921 g/mol. The van der Waals surface area contributed by atoms with E-state index in [0.29, 0.717) is 0 Å². The fraction of sp³-hybridized carbons (Fsp3) is 0.735. The molecular formula is C34H57I3N6Ti. The number of aromatic nitrogens is 6. The molecule has 0 atom stereocenters. The minimum atomic E-state index is -3.21. The van der Waals surface area contributed by atoms with Gasteiger partial charge in [0.05, 0.1) is 0 Å². The Hall–Kier alpha value is 0.534. The Bertz CT molecular complexity index is 1330. The summed E-state index contributed by atoms with van der Waals surface area (Å²) in [5, 5.41) is 13.8. The zero-order valence-corrected chi connectivity index (χ0v) is 38.6. The maximum absolute atomic E-state index is 5.66. The van der Waals surface area contributed by atoms with Crippen LogP contribution in [0.2, 0.25) is 0 Å². The molecule has 0 radical (unpaired) electrons. The van der Waals surface area contributed by atoms with Gasteiger partial charge >= 0.3 is 306 Å². The summed E-state index contributed by atoms with van der Waals surface area (Å²) in [5.74, 6) is 0. The number of hydrogen-bond acceptors (Lipinski definition) is 3. The average Bonchev–Trinajstić information content (AvgIpc) is 3.48. The summed E-state index contributed by atoms with van der Waals surface area (Å²) >= 11 is 8.42. The molecule has 3 rings (SSSR count). The molecule has 0 aliphatic carbocycles. The molecule has 0 saturated carbocycles. The molecule has 0 aliphatic heterocycles. The van der Waals surface area contributed by atoms with Gasteiger partial charge in [-0.2, -0.15) is 0 Å². The minimum absolute atomic E-state index is 0.129. The molecule has 3 heterocycles. The van der Waals surface area contributed by atoms with Gasteiger partial charge in [-0.15, -0.1) is 0 Å². The molecule has 248 valence electrons. The van der Waals surface area contributed by atoms with Crippen molar-refractivity contribution in [2.24, 2.45) is 0 Å². The molecule has 3 aromatic heterocycles. The van der Waals surface area contributed by atoms with Crippen molar-refractivity contribution in [3.63, 3.8) is 0 Å². The number of hydrogen-bond donors (Lipinski definition) is 0. The van der Waals surface area contributed by atoms with Gasteiger partial charge in [0.2, 0.25) is 0 Å². The molecule has 0 fully saturated rings. The summed E-state index contributed by atoms with van der Waals surface area (Å²) < 4.78 is 6.32. The van der Waals surface area contributed by atoms with E-state index in [4.69, 9.17) is 15.3 Å². The zero-order chi connectivity index (χ0) is 34.4. The van der Waals surface area contributed by atoms with Gasteiger partial charge in [0.15, 0.2) is 0 Å². The van der Waals surface area contributed by atoms with E-state index in [-0.39, 0.29) is 32.5 Å². The molecule has 0 N–H and O–H groups in total. The van der Waals surface area contributed by atoms with E-state index < -0.39 is 9.44 Å². The molecule has 0 bridgehead atoms.